The van der Waals surface area contributed by atoms with E-state index in [1.54, 1.807) is 0 Å². The zero-order chi connectivity index (χ0) is 22.1. The first kappa shape index (κ1) is 25.6. The highest BCUT2D eigenvalue weighted by Gasteiger charge is 2.34. The maximum Gasteiger partial charge on any atom is 0.408 e. The van der Waals surface area contributed by atoms with Crippen molar-refractivity contribution < 1.29 is 19.1 Å². The predicted molar refractivity (Wildman–Crippen MR) is 117 cm³/mol. The quantitative estimate of drug-likeness (QED) is 0.463. The van der Waals surface area contributed by atoms with Crippen molar-refractivity contribution in [1.29, 1.82) is 0 Å². The van der Waals surface area contributed by atoms with Crippen LogP contribution in [0.15, 0.2) is 0 Å². The molecule has 0 aromatic heterocycles. The molecule has 5 nitrogen and oxygen atoms in total. The molecule has 1 fully saturated rings. The smallest absolute Gasteiger partial charge is 0.408 e. The molecule has 5 unspecified atom stereocenters. The number of ketones is 1. The molecule has 0 saturated heterocycles. The molecular formula is C24H43NO4. The first-order valence-electron chi connectivity index (χ1n) is 11.5. The second-order valence-corrected chi connectivity index (χ2v) is 10.3. The van der Waals surface area contributed by atoms with E-state index in [1.165, 1.54) is 6.42 Å². The van der Waals surface area contributed by atoms with Crippen LogP contribution in [0.3, 0.4) is 0 Å². The summed E-state index contributed by atoms with van der Waals surface area (Å²) in [6, 6.07) is -0.601. The van der Waals surface area contributed by atoms with E-state index in [-0.39, 0.29) is 30.1 Å². The summed E-state index contributed by atoms with van der Waals surface area (Å²) in [5, 5.41) is 2.83. The Balaban J connectivity index is 2.76. The second-order valence-electron chi connectivity index (χ2n) is 10.3. The van der Waals surface area contributed by atoms with Crippen LogP contribution in [0, 0.1) is 35.5 Å². The lowest BCUT2D eigenvalue weighted by atomic mass is 9.75. The summed E-state index contributed by atoms with van der Waals surface area (Å²) >= 11 is 0. The monoisotopic (exact) mass is 409 g/mol. The lowest BCUT2D eigenvalue weighted by Gasteiger charge is -2.37. The number of ether oxygens (including phenoxy) is 1. The molecule has 1 saturated carbocycles. The van der Waals surface area contributed by atoms with E-state index in [9.17, 15) is 14.4 Å². The number of hydrogen-bond donors (Lipinski definition) is 1. The summed E-state index contributed by atoms with van der Waals surface area (Å²) in [7, 11) is 0. The van der Waals surface area contributed by atoms with Crippen molar-refractivity contribution in [2.45, 2.75) is 99.1 Å². The number of carbonyl (C=O) groups is 3. The Morgan fingerprint density at radius 1 is 1.03 bits per heavy atom. The maximum absolute atomic E-state index is 12.9. The normalized spacial score (nSPS) is 24.4. The minimum Gasteiger partial charge on any atom is -0.446 e. The van der Waals surface area contributed by atoms with Gasteiger partial charge in [0.1, 0.15) is 12.4 Å². The molecule has 0 aliphatic heterocycles. The number of alkyl carbamates (subject to hydrolysis) is 1. The fourth-order valence-corrected chi connectivity index (χ4v) is 4.50. The predicted octanol–water partition coefficient (Wildman–Crippen LogP) is 5.41. The van der Waals surface area contributed by atoms with Crippen LogP contribution in [0.4, 0.5) is 4.79 Å². The molecule has 0 heterocycles. The molecule has 1 aliphatic carbocycles. The average Bonchev–Trinajstić information content (AvgIpc) is 2.59. The highest BCUT2D eigenvalue weighted by molar-refractivity contribution is 5.89. The third kappa shape index (κ3) is 9.31. The Bertz CT molecular complexity index is 529. The summed E-state index contributed by atoms with van der Waals surface area (Å²) in [5.74, 6) is 1.59. The number of rotatable bonds is 11. The van der Waals surface area contributed by atoms with Gasteiger partial charge in [0.05, 0.1) is 6.04 Å². The fraction of sp³-hybridized carbons (Fsp3) is 0.875. The van der Waals surface area contributed by atoms with Crippen molar-refractivity contribution >= 4 is 18.2 Å². The number of nitrogens with one attached hydrogen (secondary N) is 1. The fourth-order valence-electron chi connectivity index (χ4n) is 4.50. The van der Waals surface area contributed by atoms with Gasteiger partial charge in [0.15, 0.2) is 5.78 Å². The molecule has 5 atom stereocenters. The van der Waals surface area contributed by atoms with Crippen molar-refractivity contribution in [3.05, 3.63) is 0 Å². The molecular weight excluding hydrogens is 366 g/mol. The van der Waals surface area contributed by atoms with Gasteiger partial charge in [-0.3, -0.25) is 4.79 Å². The molecule has 168 valence electrons. The van der Waals surface area contributed by atoms with Gasteiger partial charge in [-0.25, -0.2) is 4.79 Å². The van der Waals surface area contributed by atoms with Crippen LogP contribution < -0.4 is 5.32 Å². The van der Waals surface area contributed by atoms with Crippen molar-refractivity contribution in [2.75, 3.05) is 0 Å². The summed E-state index contributed by atoms with van der Waals surface area (Å²) in [5.41, 5.74) is 0. The SMILES string of the molecule is CC(C)CC(C=O)CC(=O)C(CC(C)C)NC(=O)OC1CC(C)CCC1C(C)C. The van der Waals surface area contributed by atoms with E-state index < -0.39 is 12.1 Å². The maximum atomic E-state index is 12.9. The average molecular weight is 410 g/mol. The number of Topliss-reactive ketones (excluding diaryl/α,β-unsaturated/α-hetero) is 1. The van der Waals surface area contributed by atoms with E-state index in [2.05, 4.69) is 26.1 Å². The Hall–Kier alpha value is -1.39. The topological polar surface area (TPSA) is 72.5 Å². The molecule has 29 heavy (non-hydrogen) atoms. The summed E-state index contributed by atoms with van der Waals surface area (Å²) in [4.78, 5) is 36.9. The standard InChI is InChI=1S/C24H43NO4/c1-15(2)10-19(14-26)13-22(27)21(11-16(3)4)25-24(28)29-23-12-18(7)8-9-20(23)17(5)6/h14-21,23H,8-13H2,1-7H3,(H,25,28). The van der Waals surface area contributed by atoms with E-state index >= 15 is 0 Å². The summed E-state index contributed by atoms with van der Waals surface area (Å²) in [6.45, 7) is 14.7. The zero-order valence-electron chi connectivity index (χ0n) is 19.6. The van der Waals surface area contributed by atoms with Crippen LogP contribution in [-0.2, 0) is 14.3 Å². The zero-order valence-corrected chi connectivity index (χ0v) is 19.6. The Kier molecular flexibility index (Phi) is 10.9. The van der Waals surface area contributed by atoms with Crippen molar-refractivity contribution in [3.63, 3.8) is 0 Å². The third-order valence-electron chi connectivity index (χ3n) is 6.04. The van der Waals surface area contributed by atoms with Crippen molar-refractivity contribution in [1.82, 2.24) is 5.32 Å². The number of carbonyl (C=O) groups excluding carboxylic acids is 3. The number of aldehydes is 1. The van der Waals surface area contributed by atoms with E-state index in [4.69, 9.17) is 4.74 Å². The van der Waals surface area contributed by atoms with Gasteiger partial charge < -0.3 is 14.8 Å². The lowest BCUT2D eigenvalue weighted by Crippen LogP contribution is -2.45. The van der Waals surface area contributed by atoms with Crippen LogP contribution in [0.5, 0.6) is 0 Å². The van der Waals surface area contributed by atoms with E-state index in [0.717, 1.165) is 19.1 Å². The number of hydrogen-bond acceptors (Lipinski definition) is 4. The summed E-state index contributed by atoms with van der Waals surface area (Å²) in [6.07, 6.45) is 4.80. The molecule has 1 aliphatic rings. The molecule has 1 rings (SSSR count). The molecule has 0 spiro atoms. The van der Waals surface area contributed by atoms with Crippen LogP contribution in [0.1, 0.15) is 87.0 Å². The van der Waals surface area contributed by atoms with Gasteiger partial charge in [0.25, 0.3) is 0 Å². The minimum absolute atomic E-state index is 0.0779. The van der Waals surface area contributed by atoms with Gasteiger partial charge in [-0.15, -0.1) is 0 Å². The minimum atomic E-state index is -0.601. The highest BCUT2D eigenvalue weighted by Crippen LogP contribution is 2.35. The van der Waals surface area contributed by atoms with Crippen LogP contribution in [0.2, 0.25) is 0 Å². The van der Waals surface area contributed by atoms with Gasteiger partial charge >= 0.3 is 6.09 Å². The molecule has 0 radical (unpaired) electrons. The molecule has 0 bridgehead atoms. The molecule has 1 N–H and O–H groups in total. The van der Waals surface area contributed by atoms with Gasteiger partial charge in [-0.05, 0) is 55.3 Å². The molecule has 0 aromatic carbocycles. The Morgan fingerprint density at radius 3 is 2.17 bits per heavy atom. The Morgan fingerprint density at radius 2 is 1.66 bits per heavy atom. The molecule has 1 amide bonds. The van der Waals surface area contributed by atoms with Crippen molar-refractivity contribution in [2.24, 2.45) is 35.5 Å². The van der Waals surface area contributed by atoms with E-state index in [0.29, 0.717) is 36.5 Å². The first-order chi connectivity index (χ1) is 13.5. The van der Waals surface area contributed by atoms with Crippen LogP contribution >= 0.6 is 0 Å². The second kappa shape index (κ2) is 12.3. The third-order valence-corrected chi connectivity index (χ3v) is 6.04. The van der Waals surface area contributed by atoms with E-state index in [1.807, 2.05) is 27.7 Å². The van der Waals surface area contributed by atoms with Gasteiger partial charge in [-0.1, -0.05) is 54.9 Å². The Labute approximate surface area is 177 Å². The largest absolute Gasteiger partial charge is 0.446 e. The van der Waals surface area contributed by atoms with Crippen molar-refractivity contribution in [3.8, 4) is 0 Å². The van der Waals surface area contributed by atoms with Crippen LogP contribution in [0.25, 0.3) is 0 Å². The van der Waals surface area contributed by atoms with Gasteiger partial charge in [0, 0.05) is 12.3 Å². The number of amides is 1. The lowest BCUT2D eigenvalue weighted by molar-refractivity contribution is -0.125. The highest BCUT2D eigenvalue weighted by atomic mass is 16.6. The summed E-state index contributed by atoms with van der Waals surface area (Å²) < 4.78 is 5.82. The van der Waals surface area contributed by atoms with Gasteiger partial charge in [0.2, 0.25) is 0 Å². The van der Waals surface area contributed by atoms with Crippen LogP contribution in [-0.4, -0.2) is 30.3 Å². The molecule has 0 aromatic rings. The first-order valence-corrected chi connectivity index (χ1v) is 11.5. The molecule has 5 heteroatoms. The van der Waals surface area contributed by atoms with Gasteiger partial charge in [-0.2, -0.15) is 0 Å².